The third-order valence-electron chi connectivity index (χ3n) is 5.70. The van der Waals surface area contributed by atoms with Gasteiger partial charge in [0, 0.05) is 17.7 Å². The molecule has 0 spiro atoms. The molecule has 0 unspecified atom stereocenters. The van der Waals surface area contributed by atoms with E-state index in [1.807, 2.05) is 18.2 Å². The van der Waals surface area contributed by atoms with E-state index in [0.717, 1.165) is 42.5 Å². The molecule has 1 aromatic heterocycles. The van der Waals surface area contributed by atoms with E-state index in [0.29, 0.717) is 23.0 Å². The normalized spacial score (nSPS) is 19.7. The van der Waals surface area contributed by atoms with Gasteiger partial charge >= 0.3 is 0 Å². The van der Waals surface area contributed by atoms with Gasteiger partial charge in [-0.1, -0.05) is 60.7 Å². The van der Waals surface area contributed by atoms with Gasteiger partial charge in [-0.05, 0) is 60.9 Å². The van der Waals surface area contributed by atoms with Crippen LogP contribution in [0.1, 0.15) is 59.9 Å². The van der Waals surface area contributed by atoms with Gasteiger partial charge in [-0.15, -0.1) is 0 Å². The van der Waals surface area contributed by atoms with Crippen LogP contribution < -0.4 is 5.56 Å². The van der Waals surface area contributed by atoms with E-state index >= 15 is 0 Å². The predicted octanol–water partition coefficient (Wildman–Crippen LogP) is 5.46. The van der Waals surface area contributed by atoms with Gasteiger partial charge in [0.25, 0.3) is 5.56 Å². The topological polar surface area (TPSA) is 48.6 Å². The molecule has 3 nitrogen and oxygen atoms in total. The van der Waals surface area contributed by atoms with Gasteiger partial charge in [-0.3, -0.25) is 9.78 Å². The molecule has 0 atom stereocenters. The molecule has 4 heteroatoms. The molecule has 27 heavy (non-hydrogen) atoms. The van der Waals surface area contributed by atoms with E-state index in [1.54, 1.807) is 0 Å². The van der Waals surface area contributed by atoms with Gasteiger partial charge in [0.15, 0.2) is 4.77 Å². The fourth-order valence-corrected chi connectivity index (χ4v) is 4.50. The van der Waals surface area contributed by atoms with Gasteiger partial charge < -0.3 is 4.98 Å². The third kappa shape index (κ3) is 4.11. The zero-order valence-electron chi connectivity index (χ0n) is 15.3. The lowest BCUT2D eigenvalue weighted by atomic mass is 9.76. The molecule has 0 bridgehead atoms. The van der Waals surface area contributed by atoms with Crippen LogP contribution in [0.3, 0.4) is 0 Å². The maximum absolute atomic E-state index is 12.7. The van der Waals surface area contributed by atoms with Gasteiger partial charge in [0.2, 0.25) is 0 Å². The lowest BCUT2D eigenvalue weighted by Gasteiger charge is -2.29. The van der Waals surface area contributed by atoms with Crippen LogP contribution in [-0.2, 0) is 6.42 Å². The van der Waals surface area contributed by atoms with Crippen molar-refractivity contribution in [3.63, 3.8) is 0 Å². The van der Waals surface area contributed by atoms with Gasteiger partial charge in [0.1, 0.15) is 0 Å². The van der Waals surface area contributed by atoms with Crippen LogP contribution in [0.4, 0.5) is 0 Å². The van der Waals surface area contributed by atoms with Crippen LogP contribution in [-0.4, -0.2) is 9.97 Å². The van der Waals surface area contributed by atoms with Crippen LogP contribution in [0.25, 0.3) is 0 Å². The first-order valence-electron chi connectivity index (χ1n) is 9.65. The summed E-state index contributed by atoms with van der Waals surface area (Å²) < 4.78 is 0.428. The van der Waals surface area contributed by atoms with E-state index in [4.69, 9.17) is 12.2 Å². The Hall–Kier alpha value is -2.46. The second-order valence-corrected chi connectivity index (χ2v) is 7.83. The van der Waals surface area contributed by atoms with Crippen LogP contribution in [0.2, 0.25) is 0 Å². The van der Waals surface area contributed by atoms with Crippen molar-refractivity contribution < 1.29 is 0 Å². The van der Waals surface area contributed by atoms with E-state index in [1.165, 1.54) is 5.56 Å². The summed E-state index contributed by atoms with van der Waals surface area (Å²) in [6.45, 7) is 0. The van der Waals surface area contributed by atoms with Crippen molar-refractivity contribution >= 4 is 12.2 Å². The minimum Gasteiger partial charge on any atom is -0.335 e. The second-order valence-electron chi connectivity index (χ2n) is 7.42. The molecular formula is C23H24N2OS. The summed E-state index contributed by atoms with van der Waals surface area (Å²) in [4.78, 5) is 18.7. The van der Waals surface area contributed by atoms with Crippen molar-refractivity contribution in [1.82, 2.24) is 9.97 Å². The number of rotatable bonds is 4. The first kappa shape index (κ1) is 17.9. The van der Waals surface area contributed by atoms with Gasteiger partial charge in [-0.25, -0.2) is 0 Å². The Bertz CT molecular complexity index is 1000. The Balaban J connectivity index is 1.59. The van der Waals surface area contributed by atoms with E-state index in [-0.39, 0.29) is 5.56 Å². The number of benzene rings is 2. The van der Waals surface area contributed by atoms with Crippen molar-refractivity contribution in [1.29, 1.82) is 0 Å². The second kappa shape index (κ2) is 8.05. The SMILES string of the molecule is O=c1[nH]c(=S)[nH]c(C2CCC(c3ccccc3)CC2)c1Cc1ccccc1. The number of H-pyrrole nitrogens is 2. The summed E-state index contributed by atoms with van der Waals surface area (Å²) in [5.41, 5.74) is 4.40. The average molecular weight is 377 g/mol. The standard InChI is InChI=1S/C23H24N2OS/c26-22-20(15-16-7-3-1-4-8-16)21(24-23(27)25-22)19-13-11-18(12-14-19)17-9-5-2-6-10-17/h1-10,18-19H,11-15H2,(H2,24,25,26,27). The first-order valence-corrected chi connectivity index (χ1v) is 10.1. The first-order chi connectivity index (χ1) is 13.2. The Kier molecular flexibility index (Phi) is 5.35. The predicted molar refractivity (Wildman–Crippen MR) is 112 cm³/mol. The fraction of sp³-hybridized carbons (Fsp3) is 0.304. The highest BCUT2D eigenvalue weighted by Crippen LogP contribution is 2.40. The highest BCUT2D eigenvalue weighted by molar-refractivity contribution is 7.71. The smallest absolute Gasteiger partial charge is 0.255 e. The quantitative estimate of drug-likeness (QED) is 0.594. The molecule has 3 aromatic rings. The summed E-state index contributed by atoms with van der Waals surface area (Å²) >= 11 is 5.27. The van der Waals surface area contributed by atoms with Crippen LogP contribution in [0.15, 0.2) is 65.5 Å². The summed E-state index contributed by atoms with van der Waals surface area (Å²) in [6, 6.07) is 20.9. The molecule has 0 aliphatic heterocycles. The van der Waals surface area contributed by atoms with Crippen molar-refractivity contribution in [3.05, 3.63) is 98.2 Å². The summed E-state index contributed by atoms with van der Waals surface area (Å²) in [5.74, 6) is 0.984. The fourth-order valence-electron chi connectivity index (χ4n) is 4.29. The number of aromatic amines is 2. The Morgan fingerprint density at radius 1 is 0.815 bits per heavy atom. The average Bonchev–Trinajstić information content (AvgIpc) is 2.71. The lowest BCUT2D eigenvalue weighted by molar-refractivity contribution is 0.389. The monoisotopic (exact) mass is 376 g/mol. The summed E-state index contributed by atoms with van der Waals surface area (Å²) in [7, 11) is 0. The maximum atomic E-state index is 12.7. The summed E-state index contributed by atoms with van der Waals surface area (Å²) in [6.07, 6.45) is 5.09. The molecule has 0 amide bonds. The molecule has 1 aliphatic carbocycles. The zero-order valence-corrected chi connectivity index (χ0v) is 16.1. The highest BCUT2D eigenvalue weighted by atomic mass is 32.1. The Morgan fingerprint density at radius 3 is 2.07 bits per heavy atom. The molecule has 2 aromatic carbocycles. The molecule has 0 radical (unpaired) electrons. The highest BCUT2D eigenvalue weighted by Gasteiger charge is 2.26. The molecule has 1 aliphatic rings. The molecule has 1 heterocycles. The maximum Gasteiger partial charge on any atom is 0.255 e. The van der Waals surface area contributed by atoms with E-state index in [9.17, 15) is 4.79 Å². The minimum absolute atomic E-state index is 0.0530. The molecule has 1 saturated carbocycles. The number of aromatic nitrogens is 2. The van der Waals surface area contributed by atoms with Crippen molar-refractivity contribution in [2.75, 3.05) is 0 Å². The minimum atomic E-state index is -0.0530. The largest absolute Gasteiger partial charge is 0.335 e. The van der Waals surface area contributed by atoms with Crippen LogP contribution in [0, 0.1) is 4.77 Å². The Labute approximate surface area is 164 Å². The summed E-state index contributed by atoms with van der Waals surface area (Å²) in [5, 5.41) is 0. The third-order valence-corrected chi connectivity index (χ3v) is 5.91. The van der Waals surface area contributed by atoms with Crippen molar-refractivity contribution in [3.8, 4) is 0 Å². The van der Waals surface area contributed by atoms with Gasteiger partial charge in [-0.2, -0.15) is 0 Å². The number of hydrogen-bond donors (Lipinski definition) is 2. The lowest BCUT2D eigenvalue weighted by Crippen LogP contribution is -2.22. The number of nitrogens with one attached hydrogen (secondary N) is 2. The van der Waals surface area contributed by atoms with Crippen molar-refractivity contribution in [2.24, 2.45) is 0 Å². The van der Waals surface area contributed by atoms with Crippen molar-refractivity contribution in [2.45, 2.75) is 43.9 Å². The van der Waals surface area contributed by atoms with E-state index in [2.05, 4.69) is 52.4 Å². The van der Waals surface area contributed by atoms with E-state index < -0.39 is 0 Å². The molecule has 1 fully saturated rings. The van der Waals surface area contributed by atoms with Gasteiger partial charge in [0.05, 0.1) is 0 Å². The molecule has 4 rings (SSSR count). The van der Waals surface area contributed by atoms with Crippen LogP contribution in [0.5, 0.6) is 0 Å². The van der Waals surface area contributed by atoms with Crippen LogP contribution >= 0.6 is 12.2 Å². The molecular weight excluding hydrogens is 352 g/mol. The molecule has 2 N–H and O–H groups in total. The number of hydrogen-bond acceptors (Lipinski definition) is 2. The zero-order chi connectivity index (χ0) is 18.6. The molecule has 138 valence electrons. The molecule has 0 saturated heterocycles. The Morgan fingerprint density at radius 2 is 1.41 bits per heavy atom.